The quantitative estimate of drug-likeness (QED) is 0.818. The van der Waals surface area contributed by atoms with Gasteiger partial charge in [-0.15, -0.1) is 0 Å². The van der Waals surface area contributed by atoms with Crippen molar-refractivity contribution in [1.82, 2.24) is 15.5 Å². The van der Waals surface area contributed by atoms with Crippen LogP contribution < -0.4 is 10.6 Å². The molecule has 3 fully saturated rings. The van der Waals surface area contributed by atoms with Crippen molar-refractivity contribution in [2.45, 2.75) is 57.0 Å². The van der Waals surface area contributed by atoms with Crippen LogP contribution in [-0.2, 0) is 16.0 Å². The van der Waals surface area contributed by atoms with Crippen LogP contribution in [-0.4, -0.2) is 34.8 Å². The number of likely N-dealkylation sites (tertiary alicyclic amines) is 1. The Morgan fingerprint density at radius 1 is 1.32 bits per heavy atom. The number of nitrogens with zero attached hydrogens (tertiary/aromatic N) is 1. The molecule has 7 heteroatoms. The molecule has 4 rings (SSSR count). The Kier molecular flexibility index (Phi) is 3.81. The third-order valence-corrected chi connectivity index (χ3v) is 5.70. The van der Waals surface area contributed by atoms with Crippen LogP contribution in [0.4, 0.5) is 4.79 Å². The third-order valence-electron chi connectivity index (χ3n) is 5.70. The zero-order valence-electron chi connectivity index (χ0n) is 14.3. The summed E-state index contributed by atoms with van der Waals surface area (Å²) in [5.74, 6) is 1.33. The van der Waals surface area contributed by atoms with Crippen LogP contribution in [0.25, 0.3) is 0 Å². The van der Waals surface area contributed by atoms with Gasteiger partial charge in [-0.1, -0.05) is 6.92 Å². The van der Waals surface area contributed by atoms with E-state index < -0.39 is 11.6 Å². The average Bonchev–Trinajstić information content (AvgIpc) is 3.16. The number of piperidine rings is 1. The molecule has 1 aromatic rings. The van der Waals surface area contributed by atoms with Gasteiger partial charge in [0.2, 0.25) is 5.91 Å². The first kappa shape index (κ1) is 16.2. The van der Waals surface area contributed by atoms with Crippen molar-refractivity contribution in [1.29, 1.82) is 0 Å². The number of rotatable bonds is 3. The van der Waals surface area contributed by atoms with E-state index in [4.69, 9.17) is 4.42 Å². The number of hydrogen-bond donors (Lipinski definition) is 2. The lowest BCUT2D eigenvalue weighted by Gasteiger charge is -2.45. The number of carbonyl (C=O) groups is 3. The molecular formula is C18H23N3O4. The monoisotopic (exact) mass is 345 g/mol. The van der Waals surface area contributed by atoms with Crippen molar-refractivity contribution in [2.75, 3.05) is 6.54 Å². The van der Waals surface area contributed by atoms with Crippen molar-refractivity contribution in [3.05, 3.63) is 23.7 Å². The second-order valence-electron chi connectivity index (χ2n) is 7.30. The van der Waals surface area contributed by atoms with E-state index >= 15 is 0 Å². The molecule has 0 aromatic carbocycles. The number of imide groups is 1. The van der Waals surface area contributed by atoms with E-state index in [2.05, 4.69) is 10.6 Å². The molecule has 1 spiro atoms. The SMILES string of the molecule is CCc1ccc(C2CCCCN2C(=O)C2CC3(C2)NC(=O)NC3=O)o1. The van der Waals surface area contributed by atoms with Crippen LogP contribution >= 0.6 is 0 Å². The highest BCUT2D eigenvalue weighted by Gasteiger charge is 2.58. The van der Waals surface area contributed by atoms with Gasteiger partial charge < -0.3 is 14.6 Å². The molecule has 3 aliphatic rings. The molecule has 25 heavy (non-hydrogen) atoms. The predicted molar refractivity (Wildman–Crippen MR) is 88.5 cm³/mol. The zero-order valence-corrected chi connectivity index (χ0v) is 14.3. The summed E-state index contributed by atoms with van der Waals surface area (Å²) < 4.78 is 5.89. The van der Waals surface area contributed by atoms with Crippen molar-refractivity contribution in [3.8, 4) is 0 Å². The fourth-order valence-corrected chi connectivity index (χ4v) is 4.26. The Morgan fingerprint density at radius 3 is 2.76 bits per heavy atom. The number of aryl methyl sites for hydroxylation is 1. The van der Waals surface area contributed by atoms with Gasteiger partial charge >= 0.3 is 6.03 Å². The van der Waals surface area contributed by atoms with Gasteiger partial charge in [0.1, 0.15) is 17.1 Å². The first-order chi connectivity index (χ1) is 12.0. The number of hydrogen-bond acceptors (Lipinski definition) is 4. The molecule has 7 nitrogen and oxygen atoms in total. The van der Waals surface area contributed by atoms with Crippen LogP contribution in [0.2, 0.25) is 0 Å². The highest BCUT2D eigenvalue weighted by atomic mass is 16.3. The number of amides is 4. The fraction of sp³-hybridized carbons (Fsp3) is 0.611. The largest absolute Gasteiger partial charge is 0.464 e. The van der Waals surface area contributed by atoms with Gasteiger partial charge in [-0.05, 0) is 44.2 Å². The minimum atomic E-state index is -0.872. The van der Waals surface area contributed by atoms with Crippen LogP contribution in [0, 0.1) is 5.92 Å². The molecule has 2 saturated heterocycles. The van der Waals surface area contributed by atoms with Crippen molar-refractivity contribution in [3.63, 3.8) is 0 Å². The maximum absolute atomic E-state index is 13.0. The standard InChI is InChI=1S/C18H23N3O4/c1-2-12-6-7-14(25-12)13-5-3-4-8-21(13)15(22)11-9-18(10-11)16(23)19-17(24)20-18/h6-7,11,13H,2-5,8-10H2,1H3,(H2,19,20,23,24). The second-order valence-corrected chi connectivity index (χ2v) is 7.30. The lowest BCUT2D eigenvalue weighted by molar-refractivity contribution is -0.148. The predicted octanol–water partition coefficient (Wildman–Crippen LogP) is 1.88. The molecule has 0 bridgehead atoms. The topological polar surface area (TPSA) is 91.7 Å². The lowest BCUT2D eigenvalue weighted by Crippen LogP contribution is -2.60. The normalized spacial score (nSPS) is 31.6. The van der Waals surface area contributed by atoms with Crippen LogP contribution in [0.5, 0.6) is 0 Å². The van der Waals surface area contributed by atoms with Gasteiger partial charge in [0.15, 0.2) is 0 Å². The summed E-state index contributed by atoms with van der Waals surface area (Å²) in [7, 11) is 0. The summed E-state index contributed by atoms with van der Waals surface area (Å²) in [5, 5.41) is 4.93. The average molecular weight is 345 g/mol. The zero-order chi connectivity index (χ0) is 17.6. The van der Waals surface area contributed by atoms with Crippen LogP contribution in [0.3, 0.4) is 0 Å². The molecule has 1 aliphatic carbocycles. The van der Waals surface area contributed by atoms with Crippen LogP contribution in [0.1, 0.15) is 56.6 Å². The minimum Gasteiger partial charge on any atom is -0.464 e. The molecule has 1 atom stereocenters. The van der Waals surface area contributed by atoms with E-state index in [1.54, 1.807) is 0 Å². The molecule has 0 radical (unpaired) electrons. The molecule has 4 amide bonds. The number of furan rings is 1. The van der Waals surface area contributed by atoms with Gasteiger partial charge in [-0.25, -0.2) is 4.79 Å². The van der Waals surface area contributed by atoms with Crippen molar-refractivity contribution in [2.24, 2.45) is 5.92 Å². The minimum absolute atomic E-state index is 0.0231. The summed E-state index contributed by atoms with van der Waals surface area (Å²) in [5.41, 5.74) is -0.872. The molecular weight excluding hydrogens is 322 g/mol. The second kappa shape index (κ2) is 5.89. The molecule has 1 unspecified atom stereocenters. The van der Waals surface area contributed by atoms with E-state index in [-0.39, 0.29) is 23.8 Å². The molecule has 1 saturated carbocycles. The molecule has 134 valence electrons. The Labute approximate surface area is 146 Å². The van der Waals surface area contributed by atoms with Gasteiger partial charge in [-0.3, -0.25) is 14.9 Å². The van der Waals surface area contributed by atoms with E-state index in [0.29, 0.717) is 19.4 Å². The van der Waals surface area contributed by atoms with Crippen LogP contribution in [0.15, 0.2) is 16.5 Å². The van der Waals surface area contributed by atoms with Gasteiger partial charge in [-0.2, -0.15) is 0 Å². The maximum atomic E-state index is 13.0. The van der Waals surface area contributed by atoms with Gasteiger partial charge in [0.25, 0.3) is 5.91 Å². The van der Waals surface area contributed by atoms with Gasteiger partial charge in [0, 0.05) is 18.9 Å². The molecule has 1 aromatic heterocycles. The Balaban J connectivity index is 1.47. The molecule has 3 heterocycles. The fourth-order valence-electron chi connectivity index (χ4n) is 4.26. The smallest absolute Gasteiger partial charge is 0.322 e. The Morgan fingerprint density at radius 2 is 2.12 bits per heavy atom. The summed E-state index contributed by atoms with van der Waals surface area (Å²) in [6, 6.07) is 3.46. The summed E-state index contributed by atoms with van der Waals surface area (Å²) in [4.78, 5) is 38.2. The highest BCUT2D eigenvalue weighted by molar-refractivity contribution is 6.08. The van der Waals surface area contributed by atoms with E-state index in [9.17, 15) is 14.4 Å². The third kappa shape index (κ3) is 2.62. The van der Waals surface area contributed by atoms with E-state index in [1.807, 2.05) is 24.0 Å². The molecule has 2 N–H and O–H groups in total. The first-order valence-electron chi connectivity index (χ1n) is 9.05. The number of carbonyl (C=O) groups excluding carboxylic acids is 3. The van der Waals surface area contributed by atoms with Gasteiger partial charge in [0.05, 0.1) is 6.04 Å². The summed E-state index contributed by atoms with van der Waals surface area (Å²) in [6.07, 6.45) is 4.55. The summed E-state index contributed by atoms with van der Waals surface area (Å²) >= 11 is 0. The Bertz CT molecular complexity index is 720. The Hall–Kier alpha value is -2.31. The number of nitrogens with one attached hydrogen (secondary N) is 2. The first-order valence-corrected chi connectivity index (χ1v) is 9.05. The van der Waals surface area contributed by atoms with E-state index in [1.165, 1.54) is 0 Å². The highest BCUT2D eigenvalue weighted by Crippen LogP contribution is 2.43. The maximum Gasteiger partial charge on any atom is 0.322 e. The van der Waals surface area contributed by atoms with Crippen molar-refractivity contribution < 1.29 is 18.8 Å². The lowest BCUT2D eigenvalue weighted by atomic mass is 9.67. The van der Waals surface area contributed by atoms with Crippen molar-refractivity contribution >= 4 is 17.8 Å². The van der Waals surface area contributed by atoms with E-state index in [0.717, 1.165) is 37.2 Å². The summed E-state index contributed by atoms with van der Waals surface area (Å²) in [6.45, 7) is 2.76. The number of urea groups is 1. The molecule has 2 aliphatic heterocycles.